The van der Waals surface area contributed by atoms with Crippen molar-refractivity contribution in [2.45, 2.75) is 0 Å². The van der Waals surface area contributed by atoms with Gasteiger partial charge in [0, 0.05) is 18.7 Å². The molecule has 0 aliphatic carbocycles. The van der Waals surface area contributed by atoms with E-state index in [0.29, 0.717) is 29.3 Å². The molecule has 150 valence electrons. The molecule has 0 unspecified atom stereocenters. The number of aromatic nitrogens is 1. The molecule has 0 spiro atoms. The van der Waals surface area contributed by atoms with Gasteiger partial charge >= 0.3 is 0 Å². The second-order valence-electron chi connectivity index (χ2n) is 6.93. The zero-order chi connectivity index (χ0) is 19.7. The second kappa shape index (κ2) is 8.86. The molecule has 0 atom stereocenters. The smallest absolute Gasteiger partial charge is 0.260 e. The van der Waals surface area contributed by atoms with Crippen LogP contribution in [0.5, 0.6) is 0 Å². The fourth-order valence-corrected chi connectivity index (χ4v) is 4.08. The molecule has 3 aromatic carbocycles. The highest BCUT2D eigenvalue weighted by atomic mass is 35.5. The van der Waals surface area contributed by atoms with Crippen molar-refractivity contribution in [3.8, 4) is 0 Å². The number of thiazole rings is 1. The Bertz CT molecular complexity index is 1160. The standard InChI is InChI=1S/C22H20FN3OS.ClH/c1-25(2)11-12-26(22-24-19-10-9-18(23)14-20(19)28-22)21(27)17-8-7-15-5-3-4-6-16(15)13-17;/h3-10,13-14H,11-12H2,1-2H3;1H/p-1. The highest BCUT2D eigenvalue weighted by Crippen LogP contribution is 2.30. The van der Waals surface area contributed by atoms with Crippen LogP contribution in [0.15, 0.2) is 60.7 Å². The lowest BCUT2D eigenvalue weighted by molar-refractivity contribution is -0.0000139. The first kappa shape index (κ1) is 21.2. The van der Waals surface area contributed by atoms with E-state index >= 15 is 0 Å². The van der Waals surface area contributed by atoms with Crippen LogP contribution in [-0.4, -0.2) is 43.0 Å². The van der Waals surface area contributed by atoms with E-state index in [1.165, 1.54) is 23.5 Å². The van der Waals surface area contributed by atoms with Crippen molar-refractivity contribution in [3.63, 3.8) is 0 Å². The first-order chi connectivity index (χ1) is 13.5. The monoisotopic (exact) mass is 428 g/mol. The third-order valence-electron chi connectivity index (χ3n) is 4.58. The number of amides is 1. The lowest BCUT2D eigenvalue weighted by atomic mass is 10.1. The first-order valence-corrected chi connectivity index (χ1v) is 9.84. The number of hydrogen-bond acceptors (Lipinski definition) is 4. The maximum absolute atomic E-state index is 13.6. The molecule has 0 radical (unpaired) electrons. The van der Waals surface area contributed by atoms with E-state index in [2.05, 4.69) is 4.98 Å². The van der Waals surface area contributed by atoms with E-state index in [1.807, 2.05) is 61.5 Å². The number of likely N-dealkylation sites (N-methyl/N-ethyl adjacent to an activating group) is 1. The molecule has 29 heavy (non-hydrogen) atoms. The summed E-state index contributed by atoms with van der Waals surface area (Å²) < 4.78 is 14.3. The Morgan fingerprint density at radius 3 is 2.52 bits per heavy atom. The van der Waals surface area contributed by atoms with Gasteiger partial charge in [-0.1, -0.05) is 41.7 Å². The third-order valence-corrected chi connectivity index (χ3v) is 5.62. The Labute approximate surface area is 179 Å². The summed E-state index contributed by atoms with van der Waals surface area (Å²) in [7, 11) is 3.93. The van der Waals surface area contributed by atoms with E-state index in [9.17, 15) is 9.18 Å². The lowest BCUT2D eigenvalue weighted by Gasteiger charge is -2.22. The Kier molecular flexibility index (Phi) is 6.47. The Hall–Kier alpha value is -2.54. The molecule has 7 heteroatoms. The molecule has 4 nitrogen and oxygen atoms in total. The van der Waals surface area contributed by atoms with Crippen LogP contribution >= 0.6 is 11.3 Å². The summed E-state index contributed by atoms with van der Waals surface area (Å²) in [5, 5.41) is 2.70. The minimum absolute atomic E-state index is 0. The molecule has 1 heterocycles. The molecule has 4 rings (SSSR count). The summed E-state index contributed by atoms with van der Waals surface area (Å²) in [6.07, 6.45) is 0. The van der Waals surface area contributed by atoms with E-state index in [0.717, 1.165) is 15.5 Å². The van der Waals surface area contributed by atoms with Crippen LogP contribution < -0.4 is 17.3 Å². The van der Waals surface area contributed by atoms with E-state index < -0.39 is 0 Å². The summed E-state index contributed by atoms with van der Waals surface area (Å²) in [5.74, 6) is -0.407. The number of carbonyl (C=O) groups is 1. The number of fused-ring (bicyclic) bond motifs is 2. The van der Waals surface area contributed by atoms with Crippen LogP contribution in [0.25, 0.3) is 21.0 Å². The van der Waals surface area contributed by atoms with Crippen LogP contribution in [0, 0.1) is 5.82 Å². The van der Waals surface area contributed by atoms with E-state index in [4.69, 9.17) is 0 Å². The SMILES string of the molecule is CN(C)CCN(C(=O)c1ccc2ccccc2c1)c1nc2ccc(F)cc2s1.[Cl-]. The predicted molar refractivity (Wildman–Crippen MR) is 114 cm³/mol. The van der Waals surface area contributed by atoms with Crippen molar-refractivity contribution in [1.29, 1.82) is 0 Å². The van der Waals surface area contributed by atoms with Gasteiger partial charge in [-0.05, 0) is 55.2 Å². The van der Waals surface area contributed by atoms with Crippen LogP contribution in [0.3, 0.4) is 0 Å². The van der Waals surface area contributed by atoms with Gasteiger partial charge in [0.2, 0.25) is 0 Å². The molecule has 0 saturated carbocycles. The van der Waals surface area contributed by atoms with Gasteiger partial charge < -0.3 is 17.3 Å². The topological polar surface area (TPSA) is 36.4 Å². The normalized spacial score (nSPS) is 11.0. The number of anilines is 1. The quantitative estimate of drug-likeness (QED) is 0.486. The minimum Gasteiger partial charge on any atom is -1.00 e. The highest BCUT2D eigenvalue weighted by Gasteiger charge is 2.21. The number of nitrogens with zero attached hydrogens (tertiary/aromatic N) is 3. The molecule has 1 aromatic heterocycles. The first-order valence-electron chi connectivity index (χ1n) is 9.03. The van der Waals surface area contributed by atoms with Crippen molar-refractivity contribution in [3.05, 3.63) is 72.0 Å². The Morgan fingerprint density at radius 2 is 1.76 bits per heavy atom. The average Bonchev–Trinajstić information content (AvgIpc) is 3.10. The van der Waals surface area contributed by atoms with E-state index in [-0.39, 0.29) is 24.1 Å². The summed E-state index contributed by atoms with van der Waals surface area (Å²) in [6.45, 7) is 1.20. The van der Waals surface area contributed by atoms with Gasteiger partial charge in [-0.25, -0.2) is 9.37 Å². The largest absolute Gasteiger partial charge is 1.00 e. The summed E-state index contributed by atoms with van der Waals surface area (Å²) >= 11 is 1.33. The number of carbonyl (C=O) groups excluding carboxylic acids is 1. The molecule has 4 aromatic rings. The number of rotatable bonds is 5. The third kappa shape index (κ3) is 4.56. The fraction of sp³-hybridized carbons (Fsp3) is 0.182. The lowest BCUT2D eigenvalue weighted by Crippen LogP contribution is -3.00. The van der Waals surface area contributed by atoms with Gasteiger partial charge in [0.25, 0.3) is 5.91 Å². The molecule has 0 fully saturated rings. The number of hydrogen-bond donors (Lipinski definition) is 0. The summed E-state index contributed by atoms with van der Waals surface area (Å²) in [6, 6.07) is 18.2. The molecule has 0 N–H and O–H groups in total. The van der Waals surface area contributed by atoms with Crippen molar-refractivity contribution < 1.29 is 21.6 Å². The van der Waals surface area contributed by atoms with Gasteiger partial charge in [-0.2, -0.15) is 0 Å². The van der Waals surface area contributed by atoms with Gasteiger partial charge in [-0.3, -0.25) is 9.69 Å². The summed E-state index contributed by atoms with van der Waals surface area (Å²) in [4.78, 5) is 21.6. The van der Waals surface area contributed by atoms with Crippen LogP contribution in [0.2, 0.25) is 0 Å². The Balaban J connectivity index is 0.00000240. The molecule has 0 aliphatic rings. The van der Waals surface area contributed by atoms with Crippen molar-refractivity contribution in [2.75, 3.05) is 32.1 Å². The maximum Gasteiger partial charge on any atom is 0.260 e. The molecule has 0 saturated heterocycles. The van der Waals surface area contributed by atoms with Crippen LogP contribution in [0.1, 0.15) is 10.4 Å². The maximum atomic E-state index is 13.6. The van der Waals surface area contributed by atoms with Crippen molar-refractivity contribution in [2.24, 2.45) is 0 Å². The van der Waals surface area contributed by atoms with Crippen LogP contribution in [-0.2, 0) is 0 Å². The summed E-state index contributed by atoms with van der Waals surface area (Å²) in [5.41, 5.74) is 1.31. The van der Waals surface area contributed by atoms with Gasteiger partial charge in [-0.15, -0.1) is 0 Å². The molecule has 0 aliphatic heterocycles. The zero-order valence-corrected chi connectivity index (χ0v) is 17.7. The number of benzene rings is 3. The molecular formula is C22H20ClFN3OS-. The number of halogens is 2. The van der Waals surface area contributed by atoms with Crippen molar-refractivity contribution >= 4 is 43.4 Å². The van der Waals surface area contributed by atoms with Crippen LogP contribution in [0.4, 0.5) is 9.52 Å². The highest BCUT2D eigenvalue weighted by molar-refractivity contribution is 7.22. The molecular weight excluding hydrogens is 409 g/mol. The van der Waals surface area contributed by atoms with E-state index in [1.54, 1.807) is 11.0 Å². The molecule has 1 amide bonds. The van der Waals surface area contributed by atoms with Gasteiger partial charge in [0.15, 0.2) is 5.13 Å². The minimum atomic E-state index is -0.302. The van der Waals surface area contributed by atoms with Gasteiger partial charge in [0.05, 0.1) is 10.2 Å². The predicted octanol–water partition coefficient (Wildman–Crippen LogP) is 1.80. The molecule has 0 bridgehead atoms. The zero-order valence-electron chi connectivity index (χ0n) is 16.1. The van der Waals surface area contributed by atoms with Gasteiger partial charge in [0.1, 0.15) is 5.82 Å². The second-order valence-corrected chi connectivity index (χ2v) is 7.94. The fourth-order valence-electron chi connectivity index (χ4n) is 3.06. The average molecular weight is 429 g/mol. The Morgan fingerprint density at radius 1 is 1.00 bits per heavy atom. The van der Waals surface area contributed by atoms with Crippen molar-refractivity contribution in [1.82, 2.24) is 9.88 Å².